The highest BCUT2D eigenvalue weighted by Crippen LogP contribution is 2.10. The molecule has 1 unspecified atom stereocenters. The quantitative estimate of drug-likeness (QED) is 0.618. The number of nitrogens with one attached hydrogen (secondary N) is 1. The number of benzene rings is 1. The van der Waals surface area contributed by atoms with E-state index >= 15 is 0 Å². The van der Waals surface area contributed by atoms with Crippen molar-refractivity contribution in [1.29, 1.82) is 0 Å². The molecule has 0 aromatic heterocycles. The van der Waals surface area contributed by atoms with Crippen LogP contribution >= 0.6 is 15.9 Å². The van der Waals surface area contributed by atoms with Gasteiger partial charge in [0.25, 0.3) is 0 Å². The topological polar surface area (TPSA) is 12.0 Å². The molecular weight excluding hydrogens is 226 g/mol. The van der Waals surface area contributed by atoms with E-state index in [-0.39, 0.29) is 0 Å². The van der Waals surface area contributed by atoms with E-state index in [9.17, 15) is 0 Å². The summed E-state index contributed by atoms with van der Waals surface area (Å²) in [6.45, 7) is 3.27. The van der Waals surface area contributed by atoms with Gasteiger partial charge in [0.1, 0.15) is 0 Å². The van der Waals surface area contributed by atoms with Crippen LogP contribution in [0.15, 0.2) is 30.3 Å². The van der Waals surface area contributed by atoms with Crippen LogP contribution in [0.3, 0.4) is 0 Å². The molecule has 0 spiro atoms. The zero-order valence-electron chi connectivity index (χ0n) is 7.96. The third-order valence-corrected chi connectivity index (χ3v) is 2.62. The van der Waals surface area contributed by atoms with Gasteiger partial charge in [0.2, 0.25) is 0 Å². The third kappa shape index (κ3) is 3.92. The normalized spacial score (nSPS) is 12.8. The van der Waals surface area contributed by atoms with Crippen LogP contribution < -0.4 is 5.32 Å². The summed E-state index contributed by atoms with van der Waals surface area (Å²) in [5.74, 6) is 0. The zero-order chi connectivity index (χ0) is 9.52. The van der Waals surface area contributed by atoms with Crippen molar-refractivity contribution in [3.63, 3.8) is 0 Å². The predicted molar refractivity (Wildman–Crippen MR) is 61.3 cm³/mol. The first kappa shape index (κ1) is 10.7. The monoisotopic (exact) mass is 241 g/mol. The molecular formula is C11H16BrN. The van der Waals surface area contributed by atoms with Crippen LogP contribution in [0.2, 0.25) is 0 Å². The van der Waals surface area contributed by atoms with Crippen molar-refractivity contribution >= 4 is 15.9 Å². The Kier molecular flexibility index (Phi) is 5.09. The second-order valence-electron chi connectivity index (χ2n) is 3.13. The Morgan fingerprint density at radius 3 is 2.62 bits per heavy atom. The van der Waals surface area contributed by atoms with Crippen LogP contribution in [0, 0.1) is 0 Å². The third-order valence-electron chi connectivity index (χ3n) is 2.06. The molecule has 0 amide bonds. The second-order valence-corrected chi connectivity index (χ2v) is 3.92. The van der Waals surface area contributed by atoms with Gasteiger partial charge in [-0.05, 0) is 25.5 Å². The zero-order valence-corrected chi connectivity index (χ0v) is 9.55. The van der Waals surface area contributed by atoms with Gasteiger partial charge in [-0.1, -0.05) is 46.3 Å². The summed E-state index contributed by atoms with van der Waals surface area (Å²) in [5.41, 5.74) is 1.36. The summed E-state index contributed by atoms with van der Waals surface area (Å²) in [7, 11) is 0. The van der Waals surface area contributed by atoms with Crippen LogP contribution in [-0.4, -0.2) is 11.9 Å². The summed E-state index contributed by atoms with van der Waals surface area (Å²) in [6.07, 6.45) is 1.18. The van der Waals surface area contributed by atoms with Crippen LogP contribution in [0.5, 0.6) is 0 Å². The van der Waals surface area contributed by atoms with Gasteiger partial charge in [0.05, 0.1) is 0 Å². The van der Waals surface area contributed by atoms with E-state index in [2.05, 4.69) is 58.5 Å². The maximum Gasteiger partial charge on any atom is 0.0291 e. The lowest BCUT2D eigenvalue weighted by atomic mass is 10.1. The van der Waals surface area contributed by atoms with E-state index in [4.69, 9.17) is 0 Å². The average molecular weight is 242 g/mol. The highest BCUT2D eigenvalue weighted by atomic mass is 79.9. The molecule has 1 aromatic carbocycles. The minimum Gasteiger partial charge on any atom is -0.310 e. The number of rotatable bonds is 5. The molecule has 1 aromatic rings. The minimum absolute atomic E-state index is 0.459. The van der Waals surface area contributed by atoms with Crippen LogP contribution in [0.1, 0.15) is 24.9 Å². The van der Waals surface area contributed by atoms with Crippen LogP contribution in [0.25, 0.3) is 0 Å². The molecule has 1 rings (SSSR count). The molecule has 0 fully saturated rings. The lowest BCUT2D eigenvalue weighted by Gasteiger charge is -2.13. The standard InChI is InChI=1S/C11H16BrN/c1-10(13-9-5-8-12)11-6-3-2-4-7-11/h2-4,6-7,10,13H,5,8-9H2,1H3. The van der Waals surface area contributed by atoms with Gasteiger partial charge in [-0.2, -0.15) is 0 Å². The smallest absolute Gasteiger partial charge is 0.0291 e. The van der Waals surface area contributed by atoms with Crippen molar-refractivity contribution in [2.75, 3.05) is 11.9 Å². The fraction of sp³-hybridized carbons (Fsp3) is 0.455. The largest absolute Gasteiger partial charge is 0.310 e. The summed E-state index contributed by atoms with van der Waals surface area (Å²) >= 11 is 3.42. The first-order valence-corrected chi connectivity index (χ1v) is 5.81. The summed E-state index contributed by atoms with van der Waals surface area (Å²) < 4.78 is 0. The van der Waals surface area contributed by atoms with Gasteiger partial charge in [-0.15, -0.1) is 0 Å². The molecule has 0 bridgehead atoms. The van der Waals surface area contributed by atoms with Crippen molar-refractivity contribution in [3.05, 3.63) is 35.9 Å². The Morgan fingerprint density at radius 2 is 2.00 bits per heavy atom. The Balaban J connectivity index is 2.35. The van der Waals surface area contributed by atoms with E-state index in [1.807, 2.05) is 0 Å². The molecule has 0 aliphatic rings. The minimum atomic E-state index is 0.459. The fourth-order valence-corrected chi connectivity index (χ4v) is 1.53. The van der Waals surface area contributed by atoms with Crippen molar-refractivity contribution in [2.45, 2.75) is 19.4 Å². The van der Waals surface area contributed by atoms with Gasteiger partial charge in [0.15, 0.2) is 0 Å². The summed E-state index contributed by atoms with van der Waals surface area (Å²) in [5, 5.41) is 4.54. The summed E-state index contributed by atoms with van der Waals surface area (Å²) in [6, 6.07) is 11.0. The maximum absolute atomic E-state index is 3.47. The SMILES string of the molecule is CC(NCCCBr)c1ccccc1. The molecule has 1 N–H and O–H groups in total. The first-order valence-electron chi connectivity index (χ1n) is 4.69. The van der Waals surface area contributed by atoms with Crippen LogP contribution in [0.4, 0.5) is 0 Å². The molecule has 0 saturated carbocycles. The Labute approximate surface area is 88.7 Å². The molecule has 1 nitrogen and oxygen atoms in total. The number of hydrogen-bond acceptors (Lipinski definition) is 1. The number of alkyl halides is 1. The molecule has 1 atom stereocenters. The molecule has 72 valence electrons. The Bertz CT molecular complexity index is 223. The van der Waals surface area contributed by atoms with Gasteiger partial charge in [0, 0.05) is 11.4 Å². The number of hydrogen-bond donors (Lipinski definition) is 1. The average Bonchev–Trinajstić information content (AvgIpc) is 2.19. The molecule has 0 heterocycles. The van der Waals surface area contributed by atoms with Crippen LogP contribution in [-0.2, 0) is 0 Å². The van der Waals surface area contributed by atoms with Gasteiger partial charge in [-0.3, -0.25) is 0 Å². The lowest BCUT2D eigenvalue weighted by molar-refractivity contribution is 0.573. The molecule has 2 heteroatoms. The highest BCUT2D eigenvalue weighted by Gasteiger charge is 2.01. The van der Waals surface area contributed by atoms with E-state index < -0.39 is 0 Å². The van der Waals surface area contributed by atoms with Crippen molar-refractivity contribution in [2.24, 2.45) is 0 Å². The predicted octanol–water partition coefficient (Wildman–Crippen LogP) is 3.12. The lowest BCUT2D eigenvalue weighted by Crippen LogP contribution is -2.19. The van der Waals surface area contributed by atoms with E-state index in [1.54, 1.807) is 0 Å². The fourth-order valence-electron chi connectivity index (χ4n) is 1.24. The van der Waals surface area contributed by atoms with E-state index in [0.29, 0.717) is 6.04 Å². The second kappa shape index (κ2) is 6.17. The van der Waals surface area contributed by atoms with E-state index in [0.717, 1.165) is 11.9 Å². The van der Waals surface area contributed by atoms with Crippen molar-refractivity contribution in [3.8, 4) is 0 Å². The van der Waals surface area contributed by atoms with Crippen molar-refractivity contribution in [1.82, 2.24) is 5.32 Å². The molecule has 13 heavy (non-hydrogen) atoms. The maximum atomic E-state index is 3.47. The number of halogens is 1. The first-order chi connectivity index (χ1) is 6.34. The van der Waals surface area contributed by atoms with Crippen molar-refractivity contribution < 1.29 is 0 Å². The van der Waals surface area contributed by atoms with E-state index in [1.165, 1.54) is 12.0 Å². The Morgan fingerprint density at radius 1 is 1.31 bits per heavy atom. The highest BCUT2D eigenvalue weighted by molar-refractivity contribution is 9.09. The molecule has 0 aliphatic heterocycles. The van der Waals surface area contributed by atoms with Gasteiger partial charge in [-0.25, -0.2) is 0 Å². The van der Waals surface area contributed by atoms with Gasteiger partial charge >= 0.3 is 0 Å². The Hall–Kier alpha value is -0.340. The molecule has 0 aliphatic carbocycles. The molecule has 0 radical (unpaired) electrons. The molecule has 0 saturated heterocycles. The summed E-state index contributed by atoms with van der Waals surface area (Å²) in [4.78, 5) is 0. The van der Waals surface area contributed by atoms with Gasteiger partial charge < -0.3 is 5.32 Å².